The summed E-state index contributed by atoms with van der Waals surface area (Å²) in [6.45, 7) is 9.59. The summed E-state index contributed by atoms with van der Waals surface area (Å²) in [5, 5.41) is 3.30. The Hall–Kier alpha value is -1.24. The summed E-state index contributed by atoms with van der Waals surface area (Å²) in [6.07, 6.45) is -0.0987. The highest BCUT2D eigenvalue weighted by molar-refractivity contribution is 6.56. The molecule has 2 aliphatic heterocycles. The van der Waals surface area contributed by atoms with Crippen LogP contribution in [-0.2, 0) is 9.31 Å². The SMILES string of the molecule is Cc1cc(C(C)C)cc2c1O[B-]1(O2)OC(C)CNCC(C)O1. The zero-order chi connectivity index (χ0) is 15.9. The fourth-order valence-corrected chi connectivity index (χ4v) is 2.96. The first-order chi connectivity index (χ1) is 10.4. The first kappa shape index (κ1) is 15.7. The van der Waals surface area contributed by atoms with Gasteiger partial charge in [-0.3, -0.25) is 0 Å². The quantitative estimate of drug-likeness (QED) is 0.809. The van der Waals surface area contributed by atoms with Crippen molar-refractivity contribution in [2.45, 2.75) is 52.7 Å². The van der Waals surface area contributed by atoms with E-state index >= 15 is 0 Å². The van der Waals surface area contributed by atoms with E-state index in [-0.39, 0.29) is 12.2 Å². The van der Waals surface area contributed by atoms with Gasteiger partial charge in [-0.15, -0.1) is 0 Å². The van der Waals surface area contributed by atoms with E-state index in [0.29, 0.717) is 5.92 Å². The lowest BCUT2D eigenvalue weighted by Crippen LogP contribution is -2.59. The molecule has 3 rings (SSSR count). The number of nitrogens with one attached hydrogen (secondary N) is 1. The van der Waals surface area contributed by atoms with Crippen LogP contribution in [0.1, 0.15) is 44.7 Å². The Morgan fingerprint density at radius 1 is 1.09 bits per heavy atom. The Morgan fingerprint density at radius 2 is 1.73 bits per heavy atom. The summed E-state index contributed by atoms with van der Waals surface area (Å²) in [5.41, 5.74) is 2.27. The molecule has 0 aromatic heterocycles. The monoisotopic (exact) mass is 306 g/mol. The molecule has 1 fully saturated rings. The van der Waals surface area contributed by atoms with Gasteiger partial charge in [0.2, 0.25) is 0 Å². The summed E-state index contributed by atoms with van der Waals surface area (Å²) in [7, 11) is 0. The first-order valence-electron chi connectivity index (χ1n) is 8.10. The van der Waals surface area contributed by atoms with Crippen LogP contribution in [0.15, 0.2) is 12.1 Å². The maximum atomic E-state index is 6.05. The van der Waals surface area contributed by atoms with Crippen molar-refractivity contribution in [3.63, 3.8) is 0 Å². The van der Waals surface area contributed by atoms with Gasteiger partial charge in [0, 0.05) is 25.3 Å². The van der Waals surface area contributed by atoms with Crippen LogP contribution in [0.4, 0.5) is 0 Å². The number of rotatable bonds is 1. The van der Waals surface area contributed by atoms with E-state index in [1.54, 1.807) is 0 Å². The lowest BCUT2D eigenvalue weighted by Gasteiger charge is -2.41. The van der Waals surface area contributed by atoms with Crippen LogP contribution in [0, 0.1) is 6.92 Å². The predicted octanol–water partition coefficient (Wildman–Crippen LogP) is 2.74. The number of hydrogen-bond acceptors (Lipinski definition) is 5. The van der Waals surface area contributed by atoms with Crippen molar-refractivity contribution >= 4 is 6.96 Å². The van der Waals surface area contributed by atoms with E-state index in [2.05, 4.69) is 25.2 Å². The van der Waals surface area contributed by atoms with Gasteiger partial charge in [0.15, 0.2) is 0 Å². The fourth-order valence-electron chi connectivity index (χ4n) is 2.96. The molecule has 5 nitrogen and oxygen atoms in total. The van der Waals surface area contributed by atoms with Crippen molar-refractivity contribution < 1.29 is 18.6 Å². The van der Waals surface area contributed by atoms with Crippen LogP contribution in [0.3, 0.4) is 0 Å². The predicted molar refractivity (Wildman–Crippen MR) is 86.2 cm³/mol. The second-order valence-electron chi connectivity index (χ2n) is 6.68. The van der Waals surface area contributed by atoms with Crippen LogP contribution in [0.5, 0.6) is 11.5 Å². The maximum absolute atomic E-state index is 6.05. The summed E-state index contributed by atoms with van der Waals surface area (Å²) in [6, 6.07) is 4.17. The van der Waals surface area contributed by atoms with Crippen LogP contribution >= 0.6 is 0 Å². The molecule has 0 radical (unpaired) electrons. The largest absolute Gasteiger partial charge is 0.653 e. The smallest absolute Gasteiger partial charge is 0.632 e. The second kappa shape index (κ2) is 5.76. The zero-order valence-corrected chi connectivity index (χ0v) is 14.0. The summed E-state index contributed by atoms with van der Waals surface area (Å²) in [5.74, 6) is 1.88. The average Bonchev–Trinajstić information content (AvgIpc) is 2.75. The molecule has 1 aromatic carbocycles. The molecule has 6 heteroatoms. The molecule has 2 atom stereocenters. The molecule has 0 amide bonds. The van der Waals surface area contributed by atoms with Gasteiger partial charge in [-0.25, -0.2) is 0 Å². The van der Waals surface area contributed by atoms with Gasteiger partial charge in [-0.2, -0.15) is 0 Å². The molecule has 2 aliphatic rings. The average molecular weight is 306 g/mol. The minimum Gasteiger partial charge on any atom is -0.632 e. The Labute approximate surface area is 132 Å². The highest BCUT2D eigenvalue weighted by Crippen LogP contribution is 2.43. The molecule has 1 saturated heterocycles. The van der Waals surface area contributed by atoms with E-state index in [1.165, 1.54) is 5.56 Å². The van der Waals surface area contributed by atoms with Crippen molar-refractivity contribution in [2.24, 2.45) is 0 Å². The third kappa shape index (κ3) is 2.96. The molecule has 0 saturated carbocycles. The number of hydrogen-bond donors (Lipinski definition) is 1. The summed E-state index contributed by atoms with van der Waals surface area (Å²) >= 11 is 0. The Kier molecular flexibility index (Phi) is 4.10. The third-order valence-corrected chi connectivity index (χ3v) is 4.12. The minimum absolute atomic E-state index is 0.0494. The van der Waals surface area contributed by atoms with Crippen molar-refractivity contribution in [2.75, 3.05) is 13.1 Å². The van der Waals surface area contributed by atoms with Crippen molar-refractivity contribution in [1.29, 1.82) is 0 Å². The molecule has 22 heavy (non-hydrogen) atoms. The lowest BCUT2D eigenvalue weighted by molar-refractivity contribution is -0.00857. The highest BCUT2D eigenvalue weighted by Gasteiger charge is 2.46. The number of aryl methyl sites for hydroxylation is 1. The Balaban J connectivity index is 1.92. The molecule has 0 bridgehead atoms. The van der Waals surface area contributed by atoms with Crippen molar-refractivity contribution in [3.8, 4) is 11.5 Å². The third-order valence-electron chi connectivity index (χ3n) is 4.12. The Morgan fingerprint density at radius 3 is 2.32 bits per heavy atom. The van der Waals surface area contributed by atoms with E-state index in [4.69, 9.17) is 18.6 Å². The lowest BCUT2D eigenvalue weighted by atomic mass is 10.0. The molecule has 122 valence electrons. The molecular weight excluding hydrogens is 281 g/mol. The summed E-state index contributed by atoms with van der Waals surface area (Å²) < 4.78 is 24.1. The van der Waals surface area contributed by atoms with E-state index in [0.717, 1.165) is 30.2 Å². The van der Waals surface area contributed by atoms with Gasteiger partial charge in [0.05, 0.1) is 0 Å². The molecule has 1 N–H and O–H groups in total. The first-order valence-corrected chi connectivity index (χ1v) is 8.10. The standard InChI is InChI=1S/C16H25BNO4/c1-10(2)14-6-11(3)16-15(7-14)21-17(22-16)19-12(4)8-18-9-13(5)20-17/h6-7,10,12-13,18H,8-9H2,1-5H3/q-1. The summed E-state index contributed by atoms with van der Waals surface area (Å²) in [4.78, 5) is 0. The van der Waals surface area contributed by atoms with Crippen LogP contribution in [0.25, 0.3) is 0 Å². The van der Waals surface area contributed by atoms with Gasteiger partial charge in [0.25, 0.3) is 0 Å². The minimum atomic E-state index is -2.23. The van der Waals surface area contributed by atoms with Gasteiger partial charge >= 0.3 is 6.96 Å². The van der Waals surface area contributed by atoms with Crippen LogP contribution in [-0.4, -0.2) is 32.3 Å². The number of benzene rings is 1. The normalized spacial score (nSPS) is 31.4. The van der Waals surface area contributed by atoms with Crippen LogP contribution in [0.2, 0.25) is 0 Å². The maximum Gasteiger partial charge on any atom is 0.653 e. The Bertz CT molecular complexity index is 551. The fraction of sp³-hybridized carbons (Fsp3) is 0.625. The van der Waals surface area contributed by atoms with Gasteiger partial charge < -0.3 is 23.9 Å². The molecule has 2 heterocycles. The molecular formula is C16H25BNO4-. The zero-order valence-electron chi connectivity index (χ0n) is 14.0. The van der Waals surface area contributed by atoms with E-state index < -0.39 is 6.96 Å². The van der Waals surface area contributed by atoms with Gasteiger partial charge in [-0.1, -0.05) is 19.9 Å². The van der Waals surface area contributed by atoms with E-state index in [1.807, 2.05) is 26.8 Å². The van der Waals surface area contributed by atoms with Gasteiger partial charge in [-0.05, 0) is 43.9 Å². The van der Waals surface area contributed by atoms with Gasteiger partial charge in [0.1, 0.15) is 11.5 Å². The molecule has 0 aliphatic carbocycles. The van der Waals surface area contributed by atoms with Crippen molar-refractivity contribution in [1.82, 2.24) is 5.32 Å². The van der Waals surface area contributed by atoms with Crippen LogP contribution < -0.4 is 14.6 Å². The topological polar surface area (TPSA) is 49.0 Å². The van der Waals surface area contributed by atoms with Crippen molar-refractivity contribution in [3.05, 3.63) is 23.3 Å². The molecule has 1 spiro atoms. The molecule has 2 unspecified atom stereocenters. The van der Waals surface area contributed by atoms with E-state index in [9.17, 15) is 0 Å². The highest BCUT2D eigenvalue weighted by atomic mass is 16.9. The second-order valence-corrected chi connectivity index (χ2v) is 6.68. The molecule has 1 aromatic rings. The number of fused-ring (bicyclic) bond motifs is 1.